The molecule has 2 unspecified atom stereocenters. The number of benzene rings is 1. The molecule has 0 saturated carbocycles. The van der Waals surface area contributed by atoms with Crippen molar-refractivity contribution < 1.29 is 27.9 Å². The Morgan fingerprint density at radius 3 is 2.57 bits per heavy atom. The van der Waals surface area contributed by atoms with Gasteiger partial charge in [0.05, 0.1) is 11.5 Å². The Balaban J connectivity index is 1.82. The smallest absolute Gasteiger partial charge is 0.395 e. The van der Waals surface area contributed by atoms with Crippen molar-refractivity contribution in [1.29, 1.82) is 0 Å². The molecule has 0 amide bonds. The summed E-state index contributed by atoms with van der Waals surface area (Å²) < 4.78 is 45.2. The Morgan fingerprint density at radius 2 is 1.90 bits per heavy atom. The molecule has 8 heteroatoms. The molecule has 0 bridgehead atoms. The number of nitrogens with zero attached hydrogens (tertiary/aromatic N) is 2. The molecule has 0 aliphatic heterocycles. The zero-order chi connectivity index (χ0) is 21.3. The minimum absolute atomic E-state index is 0.0463. The van der Waals surface area contributed by atoms with Gasteiger partial charge in [-0.25, -0.2) is 0 Å². The maximum absolute atomic E-state index is 13.3. The number of rotatable bonds is 4. The Labute approximate surface area is 169 Å². The first kappa shape index (κ1) is 19.9. The van der Waals surface area contributed by atoms with Crippen molar-refractivity contribution in [3.8, 4) is 17.0 Å². The zero-order valence-corrected chi connectivity index (χ0v) is 15.5. The van der Waals surface area contributed by atoms with Crippen LogP contribution in [-0.2, 0) is 0 Å². The molecule has 0 spiro atoms. The van der Waals surface area contributed by atoms with Gasteiger partial charge in [-0.15, -0.1) is 0 Å². The van der Waals surface area contributed by atoms with Gasteiger partial charge in [0, 0.05) is 23.5 Å². The largest absolute Gasteiger partial charge is 0.508 e. The highest BCUT2D eigenvalue weighted by molar-refractivity contribution is 5.75. The van der Waals surface area contributed by atoms with E-state index in [2.05, 4.69) is 10.1 Å². The third kappa shape index (κ3) is 3.86. The fraction of sp³-hybridized carbons (Fsp3) is 0.182. The van der Waals surface area contributed by atoms with Crippen molar-refractivity contribution in [3.63, 3.8) is 0 Å². The molecule has 4 rings (SSSR count). The summed E-state index contributed by atoms with van der Waals surface area (Å²) in [5.41, 5.74) is 1.80. The topological polar surface area (TPSA) is 79.4 Å². The second-order valence-corrected chi connectivity index (χ2v) is 6.94. The minimum atomic E-state index is -4.39. The number of aromatic hydroxyl groups is 1. The van der Waals surface area contributed by atoms with Crippen molar-refractivity contribution in [2.45, 2.75) is 18.7 Å². The van der Waals surface area contributed by atoms with E-state index in [9.17, 15) is 23.4 Å². The summed E-state index contributed by atoms with van der Waals surface area (Å²) in [6, 6.07) is 9.38. The first-order valence-corrected chi connectivity index (χ1v) is 9.16. The highest BCUT2D eigenvalue weighted by Gasteiger charge is 2.40. The van der Waals surface area contributed by atoms with E-state index in [1.54, 1.807) is 30.5 Å². The molecule has 1 aliphatic rings. The maximum Gasteiger partial charge on any atom is 0.395 e. The maximum atomic E-state index is 13.3. The SMILES string of the molecule is Oc1ccc(-c2noc(C3=CC=CC(C(F)(F)F)C3)c2C(O)c2cccnc2)cc1. The van der Waals surface area contributed by atoms with Gasteiger partial charge < -0.3 is 14.7 Å². The van der Waals surface area contributed by atoms with Gasteiger partial charge in [-0.05, 0) is 42.3 Å². The third-order valence-corrected chi connectivity index (χ3v) is 4.94. The number of aromatic nitrogens is 2. The van der Waals surface area contributed by atoms with Crippen LogP contribution in [0.5, 0.6) is 5.75 Å². The van der Waals surface area contributed by atoms with Crippen LogP contribution in [0.2, 0.25) is 0 Å². The number of pyridine rings is 1. The van der Waals surface area contributed by atoms with Crippen LogP contribution in [-0.4, -0.2) is 26.5 Å². The van der Waals surface area contributed by atoms with Gasteiger partial charge in [-0.3, -0.25) is 4.98 Å². The minimum Gasteiger partial charge on any atom is -0.508 e. The Hall–Kier alpha value is -3.39. The van der Waals surface area contributed by atoms with Crippen LogP contribution in [0.4, 0.5) is 13.2 Å². The van der Waals surface area contributed by atoms with E-state index >= 15 is 0 Å². The first-order valence-electron chi connectivity index (χ1n) is 9.16. The number of phenolic OH excluding ortho intramolecular Hbond substituents is 1. The van der Waals surface area contributed by atoms with Crippen molar-refractivity contribution >= 4 is 5.57 Å². The fourth-order valence-electron chi connectivity index (χ4n) is 3.39. The fourth-order valence-corrected chi connectivity index (χ4v) is 3.39. The predicted octanol–water partition coefficient (Wildman–Crippen LogP) is 5.05. The van der Waals surface area contributed by atoms with Crippen LogP contribution in [0, 0.1) is 5.92 Å². The number of hydrogen-bond donors (Lipinski definition) is 2. The predicted molar refractivity (Wildman–Crippen MR) is 103 cm³/mol. The molecule has 2 aromatic heterocycles. The lowest BCUT2D eigenvalue weighted by molar-refractivity contribution is -0.159. The van der Waals surface area contributed by atoms with Gasteiger partial charge in [0.25, 0.3) is 0 Å². The Morgan fingerprint density at radius 1 is 1.13 bits per heavy atom. The van der Waals surface area contributed by atoms with Gasteiger partial charge in [0.2, 0.25) is 0 Å². The summed E-state index contributed by atoms with van der Waals surface area (Å²) in [6.45, 7) is 0. The number of alkyl halides is 3. The molecule has 0 radical (unpaired) electrons. The van der Waals surface area contributed by atoms with Crippen LogP contribution >= 0.6 is 0 Å². The molecule has 5 nitrogen and oxygen atoms in total. The van der Waals surface area contributed by atoms with E-state index in [-0.39, 0.29) is 34.8 Å². The molecule has 154 valence electrons. The molecule has 2 N–H and O–H groups in total. The number of phenols is 1. The van der Waals surface area contributed by atoms with Gasteiger partial charge in [0.1, 0.15) is 17.5 Å². The monoisotopic (exact) mass is 414 g/mol. The van der Waals surface area contributed by atoms with E-state index in [1.165, 1.54) is 30.5 Å². The van der Waals surface area contributed by atoms with Crippen molar-refractivity contribution in [2.24, 2.45) is 5.92 Å². The van der Waals surface area contributed by atoms with Crippen molar-refractivity contribution in [1.82, 2.24) is 10.1 Å². The van der Waals surface area contributed by atoms with E-state index < -0.39 is 18.2 Å². The van der Waals surface area contributed by atoms with Crippen LogP contribution < -0.4 is 0 Å². The van der Waals surface area contributed by atoms with E-state index in [4.69, 9.17) is 4.52 Å². The lowest BCUT2D eigenvalue weighted by Crippen LogP contribution is -2.22. The van der Waals surface area contributed by atoms with Gasteiger partial charge in [-0.2, -0.15) is 13.2 Å². The molecule has 1 aromatic carbocycles. The average Bonchev–Trinajstić information content (AvgIpc) is 3.19. The molecule has 2 heterocycles. The average molecular weight is 414 g/mol. The lowest BCUT2D eigenvalue weighted by Gasteiger charge is -2.21. The third-order valence-electron chi connectivity index (χ3n) is 4.94. The molecule has 30 heavy (non-hydrogen) atoms. The van der Waals surface area contributed by atoms with Crippen LogP contribution in [0.3, 0.4) is 0 Å². The van der Waals surface area contributed by atoms with E-state index in [0.29, 0.717) is 11.1 Å². The number of allylic oxidation sites excluding steroid dienone is 4. The number of halogens is 3. The summed E-state index contributed by atoms with van der Waals surface area (Å²) in [4.78, 5) is 4.00. The second-order valence-electron chi connectivity index (χ2n) is 6.94. The van der Waals surface area contributed by atoms with Crippen LogP contribution in [0.1, 0.15) is 29.4 Å². The standard InChI is InChI=1S/C22H17F3N2O3/c23-22(24,25)16-5-1-3-14(11-16)21-18(20(29)15-4-2-10-26-12-15)19(27-30-21)13-6-8-17(28)9-7-13/h1-10,12,16,20,28-29H,11H2. The van der Waals surface area contributed by atoms with Crippen molar-refractivity contribution in [3.05, 3.63) is 83.9 Å². The normalized spacial score (nSPS) is 17.6. The summed E-state index contributed by atoms with van der Waals surface area (Å²) in [5, 5.41) is 24.6. The highest BCUT2D eigenvalue weighted by atomic mass is 19.4. The molecule has 0 saturated heterocycles. The van der Waals surface area contributed by atoms with Crippen LogP contribution in [0.25, 0.3) is 16.8 Å². The number of aliphatic hydroxyl groups is 1. The molecule has 0 fully saturated rings. The molecular weight excluding hydrogens is 397 g/mol. The summed E-state index contributed by atoms with van der Waals surface area (Å²) in [6.07, 6.45) is 1.04. The number of aliphatic hydroxyl groups excluding tert-OH is 1. The van der Waals surface area contributed by atoms with Gasteiger partial charge in [-0.1, -0.05) is 29.5 Å². The van der Waals surface area contributed by atoms with Crippen LogP contribution in [0.15, 0.2) is 71.5 Å². The van der Waals surface area contributed by atoms with E-state index in [1.807, 2.05) is 0 Å². The first-order chi connectivity index (χ1) is 14.3. The highest BCUT2D eigenvalue weighted by Crippen LogP contribution is 2.42. The summed E-state index contributed by atoms with van der Waals surface area (Å²) in [7, 11) is 0. The van der Waals surface area contributed by atoms with Gasteiger partial charge in [0.15, 0.2) is 5.76 Å². The van der Waals surface area contributed by atoms with Crippen molar-refractivity contribution in [2.75, 3.05) is 0 Å². The Bertz CT molecular complexity index is 1090. The Kier molecular flexibility index (Phi) is 5.17. The van der Waals surface area contributed by atoms with Gasteiger partial charge >= 0.3 is 6.18 Å². The molecule has 1 aliphatic carbocycles. The van der Waals surface area contributed by atoms with E-state index in [0.717, 1.165) is 6.08 Å². The number of hydrogen-bond acceptors (Lipinski definition) is 5. The molecular formula is C22H17F3N2O3. The summed E-state index contributed by atoms with van der Waals surface area (Å²) in [5.74, 6) is -1.51. The second kappa shape index (κ2) is 7.79. The zero-order valence-electron chi connectivity index (χ0n) is 15.5. The quantitative estimate of drug-likeness (QED) is 0.625. The molecule has 2 atom stereocenters. The summed E-state index contributed by atoms with van der Waals surface area (Å²) >= 11 is 0. The molecule has 3 aromatic rings. The lowest BCUT2D eigenvalue weighted by atomic mass is 9.88.